The third-order valence-electron chi connectivity index (χ3n) is 6.55. The zero-order valence-corrected chi connectivity index (χ0v) is 15.9. The van der Waals surface area contributed by atoms with E-state index in [1.54, 1.807) is 5.01 Å². The lowest BCUT2D eigenvalue weighted by molar-refractivity contribution is -0.127. The van der Waals surface area contributed by atoms with Crippen LogP contribution in [-0.4, -0.2) is 61.5 Å². The SMILES string of the molecule is CC1CCC(C2CCNCC2NC(=O)C2C(N)NN3C=C(F)CNC23)CN1. The summed E-state index contributed by atoms with van der Waals surface area (Å²) in [6.45, 7) is 5.15. The van der Waals surface area contributed by atoms with E-state index < -0.39 is 12.1 Å². The van der Waals surface area contributed by atoms with Gasteiger partial charge in [-0.1, -0.05) is 0 Å². The van der Waals surface area contributed by atoms with Crippen molar-refractivity contribution in [1.29, 1.82) is 0 Å². The van der Waals surface area contributed by atoms with Crippen molar-refractivity contribution < 1.29 is 9.18 Å². The zero-order chi connectivity index (χ0) is 19.0. The van der Waals surface area contributed by atoms with Gasteiger partial charge < -0.3 is 21.7 Å². The Morgan fingerprint density at radius 2 is 2.15 bits per heavy atom. The summed E-state index contributed by atoms with van der Waals surface area (Å²) in [4.78, 5) is 13.1. The molecule has 4 rings (SSSR count). The minimum Gasteiger partial charge on any atom is -0.351 e. The van der Waals surface area contributed by atoms with Crippen molar-refractivity contribution in [3.63, 3.8) is 0 Å². The highest BCUT2D eigenvalue weighted by molar-refractivity contribution is 5.81. The van der Waals surface area contributed by atoms with Crippen molar-refractivity contribution in [2.45, 2.75) is 50.6 Å². The molecular weight excluding hydrogens is 349 g/mol. The minimum atomic E-state index is -0.545. The molecule has 1 amide bonds. The molecule has 0 aromatic carbocycles. The number of nitrogens with two attached hydrogens (primary N) is 1. The predicted octanol–water partition coefficient (Wildman–Crippen LogP) is -1.07. The van der Waals surface area contributed by atoms with E-state index in [0.717, 1.165) is 26.1 Å². The summed E-state index contributed by atoms with van der Waals surface area (Å²) in [5.41, 5.74) is 9.13. The summed E-state index contributed by atoms with van der Waals surface area (Å²) < 4.78 is 13.5. The molecule has 3 saturated heterocycles. The molecule has 4 heterocycles. The Hall–Kier alpha value is -1.26. The Morgan fingerprint density at radius 1 is 1.30 bits per heavy atom. The van der Waals surface area contributed by atoms with E-state index in [1.807, 2.05) is 0 Å². The molecule has 0 aromatic rings. The van der Waals surface area contributed by atoms with Crippen molar-refractivity contribution >= 4 is 5.91 Å². The molecule has 27 heavy (non-hydrogen) atoms. The highest BCUT2D eigenvalue weighted by atomic mass is 19.1. The number of hydrazine groups is 1. The van der Waals surface area contributed by atoms with Crippen LogP contribution in [0.4, 0.5) is 4.39 Å². The van der Waals surface area contributed by atoms with Crippen LogP contribution in [0.15, 0.2) is 12.0 Å². The van der Waals surface area contributed by atoms with Gasteiger partial charge in [0.1, 0.15) is 17.9 Å². The quantitative estimate of drug-likeness (QED) is 0.370. The van der Waals surface area contributed by atoms with Crippen molar-refractivity contribution in [3.8, 4) is 0 Å². The van der Waals surface area contributed by atoms with Gasteiger partial charge in [0.15, 0.2) is 0 Å². The molecule has 152 valence electrons. The van der Waals surface area contributed by atoms with Crippen molar-refractivity contribution in [2.24, 2.45) is 23.5 Å². The summed E-state index contributed by atoms with van der Waals surface area (Å²) in [6, 6.07) is 0.680. The van der Waals surface area contributed by atoms with E-state index in [0.29, 0.717) is 17.9 Å². The molecule has 7 unspecified atom stereocenters. The number of hydrogen-bond donors (Lipinski definition) is 6. The smallest absolute Gasteiger partial charge is 0.229 e. The molecule has 0 radical (unpaired) electrons. The third kappa shape index (κ3) is 3.97. The van der Waals surface area contributed by atoms with Crippen LogP contribution in [0.25, 0.3) is 0 Å². The average molecular weight is 382 g/mol. The van der Waals surface area contributed by atoms with Crippen LogP contribution in [0, 0.1) is 17.8 Å². The number of fused-ring (bicyclic) bond motifs is 1. The fourth-order valence-corrected chi connectivity index (χ4v) is 5.02. The molecule has 4 aliphatic rings. The Labute approximate surface area is 159 Å². The van der Waals surface area contributed by atoms with Gasteiger partial charge in [-0.15, -0.1) is 0 Å². The van der Waals surface area contributed by atoms with Crippen LogP contribution in [0.5, 0.6) is 0 Å². The molecule has 0 aromatic heterocycles. The minimum absolute atomic E-state index is 0.0680. The molecule has 4 aliphatic heterocycles. The highest BCUT2D eigenvalue weighted by Gasteiger charge is 2.46. The molecule has 7 N–H and O–H groups in total. The van der Waals surface area contributed by atoms with Crippen LogP contribution in [0.3, 0.4) is 0 Å². The second-order valence-electron chi connectivity index (χ2n) is 8.41. The Morgan fingerprint density at radius 3 is 2.93 bits per heavy atom. The number of piperidine rings is 2. The van der Waals surface area contributed by atoms with Gasteiger partial charge in [-0.2, -0.15) is 0 Å². The Bertz CT molecular complexity index is 580. The monoisotopic (exact) mass is 381 g/mol. The summed E-state index contributed by atoms with van der Waals surface area (Å²) >= 11 is 0. The fourth-order valence-electron chi connectivity index (χ4n) is 5.02. The first-order chi connectivity index (χ1) is 13.0. The largest absolute Gasteiger partial charge is 0.351 e. The van der Waals surface area contributed by atoms with E-state index in [2.05, 4.69) is 33.6 Å². The summed E-state index contributed by atoms with van der Waals surface area (Å²) in [5, 5.41) is 14.9. The van der Waals surface area contributed by atoms with Gasteiger partial charge in [0, 0.05) is 18.6 Å². The molecule has 0 saturated carbocycles. The zero-order valence-electron chi connectivity index (χ0n) is 15.9. The summed E-state index contributed by atoms with van der Waals surface area (Å²) in [5.74, 6) is 0.240. The van der Waals surface area contributed by atoms with Gasteiger partial charge in [0.05, 0.1) is 18.9 Å². The molecule has 8 nitrogen and oxygen atoms in total. The van der Waals surface area contributed by atoms with Gasteiger partial charge in [0.25, 0.3) is 0 Å². The van der Waals surface area contributed by atoms with Gasteiger partial charge in [0.2, 0.25) is 5.91 Å². The number of nitrogens with zero attached hydrogens (tertiary/aromatic N) is 1. The third-order valence-corrected chi connectivity index (χ3v) is 6.55. The van der Waals surface area contributed by atoms with E-state index in [9.17, 15) is 9.18 Å². The number of amides is 1. The molecule has 7 atom stereocenters. The van der Waals surface area contributed by atoms with Crippen LogP contribution >= 0.6 is 0 Å². The average Bonchev–Trinajstić information content (AvgIpc) is 2.98. The van der Waals surface area contributed by atoms with Gasteiger partial charge in [-0.3, -0.25) is 15.1 Å². The van der Waals surface area contributed by atoms with E-state index in [4.69, 9.17) is 5.73 Å². The molecule has 0 spiro atoms. The van der Waals surface area contributed by atoms with Crippen LogP contribution < -0.4 is 32.4 Å². The van der Waals surface area contributed by atoms with Crippen molar-refractivity contribution in [1.82, 2.24) is 31.7 Å². The van der Waals surface area contributed by atoms with Crippen LogP contribution in [0.1, 0.15) is 26.2 Å². The molecule has 3 fully saturated rings. The second kappa shape index (κ2) is 8.00. The van der Waals surface area contributed by atoms with E-state index in [1.165, 1.54) is 19.0 Å². The first-order valence-electron chi connectivity index (χ1n) is 10.2. The maximum Gasteiger partial charge on any atom is 0.229 e. The first-order valence-corrected chi connectivity index (χ1v) is 10.2. The van der Waals surface area contributed by atoms with Gasteiger partial charge in [-0.05, 0) is 51.1 Å². The Balaban J connectivity index is 1.41. The van der Waals surface area contributed by atoms with Gasteiger partial charge >= 0.3 is 0 Å². The number of rotatable bonds is 3. The number of nitrogens with one attached hydrogen (secondary N) is 5. The van der Waals surface area contributed by atoms with Crippen LogP contribution in [0.2, 0.25) is 0 Å². The number of carbonyl (C=O) groups excluding carboxylic acids is 1. The summed E-state index contributed by atoms with van der Waals surface area (Å²) in [7, 11) is 0. The lowest BCUT2D eigenvalue weighted by atomic mass is 9.76. The molecule has 0 bridgehead atoms. The van der Waals surface area contributed by atoms with Crippen molar-refractivity contribution in [3.05, 3.63) is 12.0 Å². The normalized spacial score (nSPS) is 42.4. The van der Waals surface area contributed by atoms with Crippen molar-refractivity contribution in [2.75, 3.05) is 26.2 Å². The highest BCUT2D eigenvalue weighted by Crippen LogP contribution is 2.30. The van der Waals surface area contributed by atoms with Crippen LogP contribution in [-0.2, 0) is 4.79 Å². The predicted molar refractivity (Wildman–Crippen MR) is 101 cm³/mol. The van der Waals surface area contributed by atoms with E-state index in [-0.39, 0.29) is 30.5 Å². The standard InChI is InChI=1S/C18H32FN7O/c1-10-2-3-11(6-22-10)13-4-5-21-8-14(13)24-18(27)15-16(20)25-26-9-12(19)7-23-17(15)26/h9-11,13-17,21-23,25H,2-8,20H2,1H3,(H,24,27). The maximum absolute atomic E-state index is 13.5. The Kier molecular flexibility index (Phi) is 5.65. The van der Waals surface area contributed by atoms with E-state index >= 15 is 0 Å². The number of carbonyl (C=O) groups is 1. The second-order valence-corrected chi connectivity index (χ2v) is 8.41. The lowest BCUT2D eigenvalue weighted by Crippen LogP contribution is -2.59. The fraction of sp³-hybridized carbons (Fsp3) is 0.833. The number of hydrogen-bond acceptors (Lipinski definition) is 7. The molecular formula is C18H32FN7O. The summed E-state index contributed by atoms with van der Waals surface area (Å²) in [6.07, 6.45) is 3.98. The molecule has 9 heteroatoms. The topological polar surface area (TPSA) is 106 Å². The molecule has 0 aliphatic carbocycles. The van der Waals surface area contributed by atoms with Gasteiger partial charge in [-0.25, -0.2) is 9.82 Å². The maximum atomic E-state index is 13.5. The number of halogens is 1. The first kappa shape index (κ1) is 19.1. The lowest BCUT2D eigenvalue weighted by Gasteiger charge is -2.41.